The molecule has 1 N–H and O–H groups in total. The lowest BCUT2D eigenvalue weighted by Gasteiger charge is -2.19. The summed E-state index contributed by atoms with van der Waals surface area (Å²) in [4.78, 5) is 4.67. The van der Waals surface area contributed by atoms with Crippen molar-refractivity contribution in [1.29, 1.82) is 0 Å². The van der Waals surface area contributed by atoms with Crippen molar-refractivity contribution in [2.75, 3.05) is 18.5 Å². The van der Waals surface area contributed by atoms with Crippen molar-refractivity contribution in [1.82, 2.24) is 4.98 Å². The zero-order chi connectivity index (χ0) is 12.4. The molecule has 18 heavy (non-hydrogen) atoms. The van der Waals surface area contributed by atoms with Gasteiger partial charge in [-0.3, -0.25) is 0 Å². The molecule has 3 nitrogen and oxygen atoms in total. The molecule has 2 heterocycles. The van der Waals surface area contributed by atoms with Crippen LogP contribution < -0.4 is 10.1 Å². The zero-order valence-corrected chi connectivity index (χ0v) is 11.2. The molecule has 0 saturated heterocycles. The van der Waals surface area contributed by atoms with E-state index < -0.39 is 0 Å². The van der Waals surface area contributed by atoms with E-state index in [1.807, 2.05) is 6.07 Å². The Morgan fingerprint density at radius 1 is 1.44 bits per heavy atom. The van der Waals surface area contributed by atoms with Crippen LogP contribution in [0.3, 0.4) is 0 Å². The van der Waals surface area contributed by atoms with Gasteiger partial charge in [0.2, 0.25) is 0 Å². The lowest BCUT2D eigenvalue weighted by atomic mass is 10.1. The lowest BCUT2D eigenvalue weighted by molar-refractivity contribution is 0.323. The normalized spacial score (nSPS) is 13.6. The molecule has 0 saturated carbocycles. The van der Waals surface area contributed by atoms with E-state index in [0.29, 0.717) is 0 Å². The van der Waals surface area contributed by atoms with Gasteiger partial charge in [0.05, 0.1) is 16.4 Å². The first-order valence-electron chi connectivity index (χ1n) is 6.32. The third-order valence-electron chi connectivity index (χ3n) is 2.97. The number of benzene rings is 1. The van der Waals surface area contributed by atoms with Crippen LogP contribution in [0.1, 0.15) is 18.4 Å². The molecule has 0 aliphatic carbocycles. The topological polar surface area (TPSA) is 34.2 Å². The summed E-state index contributed by atoms with van der Waals surface area (Å²) in [5, 5.41) is 6.71. The molecule has 1 aliphatic rings. The summed E-state index contributed by atoms with van der Waals surface area (Å²) in [6.45, 7) is 3.79. The molecule has 2 aromatic rings. The minimum Gasteiger partial charge on any atom is -0.490 e. The first-order chi connectivity index (χ1) is 8.86. The number of fused-ring (bicyclic) bond motifs is 1. The number of aryl methyl sites for hydroxylation is 1. The van der Waals surface area contributed by atoms with Gasteiger partial charge in [-0.2, -0.15) is 0 Å². The number of thiazole rings is 1. The van der Waals surface area contributed by atoms with Gasteiger partial charge in [0, 0.05) is 17.5 Å². The monoisotopic (exact) mass is 260 g/mol. The Hall–Kier alpha value is -1.55. The summed E-state index contributed by atoms with van der Waals surface area (Å²) in [6, 6.07) is 6.23. The SMILES string of the molecule is CCCc1nc(-c2ccc3c(c2)NCCO3)cs1. The molecule has 0 unspecified atom stereocenters. The van der Waals surface area contributed by atoms with Gasteiger partial charge >= 0.3 is 0 Å². The highest BCUT2D eigenvalue weighted by Gasteiger charge is 2.11. The molecule has 0 bridgehead atoms. The van der Waals surface area contributed by atoms with E-state index in [9.17, 15) is 0 Å². The van der Waals surface area contributed by atoms with E-state index in [-0.39, 0.29) is 0 Å². The smallest absolute Gasteiger partial charge is 0.142 e. The Morgan fingerprint density at radius 2 is 2.39 bits per heavy atom. The minimum absolute atomic E-state index is 0.740. The molecule has 1 aromatic carbocycles. The van der Waals surface area contributed by atoms with Gasteiger partial charge in [0.25, 0.3) is 0 Å². The molecule has 0 amide bonds. The van der Waals surface area contributed by atoms with Crippen molar-refractivity contribution >= 4 is 17.0 Å². The van der Waals surface area contributed by atoms with E-state index >= 15 is 0 Å². The molecular formula is C14H16N2OS. The van der Waals surface area contributed by atoms with Gasteiger partial charge in [0.15, 0.2) is 0 Å². The Labute approximate surface area is 111 Å². The molecule has 0 fully saturated rings. The zero-order valence-electron chi connectivity index (χ0n) is 10.4. The van der Waals surface area contributed by atoms with Crippen LogP contribution in [0.25, 0.3) is 11.3 Å². The number of nitrogens with one attached hydrogen (secondary N) is 1. The van der Waals surface area contributed by atoms with Gasteiger partial charge in [0.1, 0.15) is 12.4 Å². The molecule has 0 atom stereocenters. The highest BCUT2D eigenvalue weighted by atomic mass is 32.1. The molecule has 94 valence electrons. The summed E-state index contributed by atoms with van der Waals surface area (Å²) < 4.78 is 5.58. The Balaban J connectivity index is 1.91. The van der Waals surface area contributed by atoms with Crippen molar-refractivity contribution in [3.63, 3.8) is 0 Å². The van der Waals surface area contributed by atoms with E-state index in [1.54, 1.807) is 11.3 Å². The third kappa shape index (κ3) is 2.20. The van der Waals surface area contributed by atoms with Crippen LogP contribution in [0.2, 0.25) is 0 Å². The summed E-state index contributed by atoms with van der Waals surface area (Å²) in [5.41, 5.74) is 3.30. The third-order valence-corrected chi connectivity index (χ3v) is 3.87. The van der Waals surface area contributed by atoms with Crippen molar-refractivity contribution < 1.29 is 4.74 Å². The van der Waals surface area contributed by atoms with Crippen molar-refractivity contribution in [2.45, 2.75) is 19.8 Å². The van der Waals surface area contributed by atoms with Crippen molar-refractivity contribution in [2.24, 2.45) is 0 Å². The number of hydrogen-bond acceptors (Lipinski definition) is 4. The van der Waals surface area contributed by atoms with E-state index in [1.165, 1.54) is 5.01 Å². The average molecular weight is 260 g/mol. The van der Waals surface area contributed by atoms with Crippen LogP contribution in [0.4, 0.5) is 5.69 Å². The van der Waals surface area contributed by atoms with Gasteiger partial charge in [-0.05, 0) is 31.0 Å². The number of nitrogens with zero attached hydrogens (tertiary/aromatic N) is 1. The first-order valence-corrected chi connectivity index (χ1v) is 7.20. The number of anilines is 1. The van der Waals surface area contributed by atoms with Crippen molar-refractivity contribution in [3.8, 4) is 17.0 Å². The van der Waals surface area contributed by atoms with Crippen LogP contribution in [0.15, 0.2) is 23.6 Å². The van der Waals surface area contributed by atoms with Crippen molar-refractivity contribution in [3.05, 3.63) is 28.6 Å². The fraction of sp³-hybridized carbons (Fsp3) is 0.357. The van der Waals surface area contributed by atoms with Gasteiger partial charge in [-0.1, -0.05) is 6.92 Å². The Morgan fingerprint density at radius 3 is 3.28 bits per heavy atom. The second kappa shape index (κ2) is 4.98. The van der Waals surface area contributed by atoms with Gasteiger partial charge in [-0.25, -0.2) is 4.98 Å². The first kappa shape index (κ1) is 11.5. The fourth-order valence-corrected chi connectivity index (χ4v) is 2.98. The highest BCUT2D eigenvalue weighted by Crippen LogP contribution is 2.32. The molecule has 1 aliphatic heterocycles. The highest BCUT2D eigenvalue weighted by molar-refractivity contribution is 7.09. The van der Waals surface area contributed by atoms with Crippen LogP contribution in [-0.2, 0) is 6.42 Å². The fourth-order valence-electron chi connectivity index (χ4n) is 2.07. The summed E-state index contributed by atoms with van der Waals surface area (Å²) in [6.07, 6.45) is 2.21. The molecule has 0 spiro atoms. The van der Waals surface area contributed by atoms with E-state index in [4.69, 9.17) is 4.74 Å². The predicted octanol–water partition coefficient (Wildman–Crippen LogP) is 3.57. The maximum atomic E-state index is 5.58. The standard InChI is InChI=1S/C14H16N2OS/c1-2-3-14-16-12(9-18-14)10-4-5-13-11(8-10)15-6-7-17-13/h4-5,8-9,15H,2-3,6-7H2,1H3. The minimum atomic E-state index is 0.740. The largest absolute Gasteiger partial charge is 0.490 e. The quantitative estimate of drug-likeness (QED) is 0.916. The maximum absolute atomic E-state index is 5.58. The number of aromatic nitrogens is 1. The second-order valence-electron chi connectivity index (χ2n) is 4.36. The molecule has 0 radical (unpaired) electrons. The molecule has 1 aromatic heterocycles. The van der Waals surface area contributed by atoms with Gasteiger partial charge in [-0.15, -0.1) is 11.3 Å². The van der Waals surface area contributed by atoms with Crippen LogP contribution >= 0.6 is 11.3 Å². The summed E-state index contributed by atoms with van der Waals surface area (Å²) in [7, 11) is 0. The Bertz CT molecular complexity index is 550. The van der Waals surface area contributed by atoms with Gasteiger partial charge < -0.3 is 10.1 Å². The average Bonchev–Trinajstić information content (AvgIpc) is 2.87. The Kier molecular flexibility index (Phi) is 3.19. The summed E-state index contributed by atoms with van der Waals surface area (Å²) >= 11 is 1.74. The lowest BCUT2D eigenvalue weighted by Crippen LogP contribution is -2.17. The summed E-state index contributed by atoms with van der Waals surface area (Å²) in [5.74, 6) is 0.939. The molecular weight excluding hydrogens is 244 g/mol. The van der Waals surface area contributed by atoms with E-state index in [2.05, 4.69) is 34.7 Å². The predicted molar refractivity (Wildman–Crippen MR) is 75.5 cm³/mol. The molecule has 3 rings (SSSR count). The maximum Gasteiger partial charge on any atom is 0.142 e. The van der Waals surface area contributed by atoms with E-state index in [0.717, 1.165) is 48.7 Å². The van der Waals surface area contributed by atoms with Crippen LogP contribution in [0, 0.1) is 0 Å². The number of ether oxygens (including phenoxy) is 1. The van der Waals surface area contributed by atoms with Crippen LogP contribution in [0.5, 0.6) is 5.75 Å². The van der Waals surface area contributed by atoms with Crippen LogP contribution in [-0.4, -0.2) is 18.1 Å². The number of hydrogen-bond donors (Lipinski definition) is 1. The number of rotatable bonds is 3. The molecule has 4 heteroatoms. The second-order valence-corrected chi connectivity index (χ2v) is 5.31.